The van der Waals surface area contributed by atoms with Crippen LogP contribution in [0.5, 0.6) is 5.75 Å². The Labute approximate surface area is 252 Å². The number of rotatable bonds is 13. The fourth-order valence-corrected chi connectivity index (χ4v) is 6.18. The number of carbonyl (C=O) groups excluding carboxylic acids is 1. The van der Waals surface area contributed by atoms with E-state index < -0.39 is 12.0 Å². The minimum absolute atomic E-state index is 0.0699. The Balaban J connectivity index is 1.38. The minimum atomic E-state index is -0.997. The third-order valence-electron chi connectivity index (χ3n) is 8.27. The van der Waals surface area contributed by atoms with Crippen LogP contribution in [0.4, 0.5) is 5.82 Å². The molecule has 0 radical (unpaired) electrons. The number of hydrogen-bond acceptors (Lipinski definition) is 6. The van der Waals surface area contributed by atoms with Gasteiger partial charge in [0.2, 0.25) is 5.91 Å². The Hall–Kier alpha value is -4.43. The third-order valence-corrected chi connectivity index (χ3v) is 8.27. The van der Waals surface area contributed by atoms with Crippen molar-refractivity contribution >= 4 is 28.5 Å². The van der Waals surface area contributed by atoms with Crippen molar-refractivity contribution in [1.82, 2.24) is 15.2 Å². The number of pyridine rings is 1. The van der Waals surface area contributed by atoms with Crippen molar-refractivity contribution in [3.8, 4) is 5.75 Å². The summed E-state index contributed by atoms with van der Waals surface area (Å²) >= 11 is 0. The molecule has 5 rings (SSSR count). The van der Waals surface area contributed by atoms with E-state index in [-0.39, 0.29) is 24.4 Å². The lowest BCUT2D eigenvalue weighted by atomic mass is 9.83. The summed E-state index contributed by atoms with van der Waals surface area (Å²) in [6, 6.07) is 26.8. The van der Waals surface area contributed by atoms with Gasteiger partial charge in [-0.2, -0.15) is 0 Å². The molecule has 1 aromatic heterocycles. The molecule has 1 atom stereocenters. The van der Waals surface area contributed by atoms with Crippen molar-refractivity contribution in [2.75, 3.05) is 25.4 Å². The number of nitrogen functional groups attached to an aromatic ring is 1. The van der Waals surface area contributed by atoms with Gasteiger partial charge >= 0.3 is 5.97 Å². The molecule has 0 spiro atoms. The number of carboxylic acids is 1. The van der Waals surface area contributed by atoms with Gasteiger partial charge in [-0.15, -0.1) is 0 Å². The predicted octanol–water partition coefficient (Wildman–Crippen LogP) is 5.62. The molecule has 4 aromatic rings. The molecule has 8 heteroatoms. The zero-order chi connectivity index (χ0) is 30.0. The van der Waals surface area contributed by atoms with Gasteiger partial charge in [0.15, 0.2) is 0 Å². The fourth-order valence-electron chi connectivity index (χ4n) is 6.18. The first-order valence-electron chi connectivity index (χ1n) is 15.1. The summed E-state index contributed by atoms with van der Waals surface area (Å²) in [5, 5.41) is 14.6. The van der Waals surface area contributed by atoms with Gasteiger partial charge in [-0.25, -0.2) is 4.98 Å². The molecule has 0 bridgehead atoms. The molecule has 1 aliphatic carbocycles. The monoisotopic (exact) mass is 580 g/mol. The number of benzene rings is 3. The minimum Gasteiger partial charge on any atom is -0.494 e. The zero-order valence-corrected chi connectivity index (χ0v) is 24.4. The average Bonchev–Trinajstić information content (AvgIpc) is 3.04. The van der Waals surface area contributed by atoms with Crippen molar-refractivity contribution < 1.29 is 19.4 Å². The van der Waals surface area contributed by atoms with Crippen LogP contribution < -0.4 is 15.8 Å². The molecule has 3 aromatic carbocycles. The Morgan fingerprint density at radius 3 is 2.28 bits per heavy atom. The summed E-state index contributed by atoms with van der Waals surface area (Å²) in [6.45, 7) is 0.655. The van der Waals surface area contributed by atoms with Crippen molar-refractivity contribution in [3.05, 3.63) is 102 Å². The summed E-state index contributed by atoms with van der Waals surface area (Å²) in [5.41, 5.74) is 7.92. The number of anilines is 1. The van der Waals surface area contributed by atoms with E-state index in [0.29, 0.717) is 25.4 Å². The molecule has 224 valence electrons. The molecule has 0 saturated heterocycles. The fraction of sp³-hybridized carbons (Fsp3) is 0.343. The number of aromatic nitrogens is 1. The standard InChI is InChI=1S/C35H40N4O4/c36-34-30-18-17-29(23-27(30)19-20-37-34)43-22-10-21-39(28-15-8-3-9-16-28)35(42)33(38-24-31(40)41)32(25-11-4-1-5-12-25)26-13-6-2-7-14-26/h1-2,4-7,11-14,17-20,23,28,32-33,38H,3,8-10,15-16,21-22,24H2,(H2,36,37)(H,40,41)/t33-/m1/s1. The second-order valence-corrected chi connectivity index (χ2v) is 11.2. The third kappa shape index (κ3) is 7.70. The Bertz CT molecular complexity index is 1450. The number of hydrogen-bond donors (Lipinski definition) is 3. The van der Waals surface area contributed by atoms with E-state index in [1.165, 1.54) is 6.42 Å². The predicted molar refractivity (Wildman–Crippen MR) is 169 cm³/mol. The second-order valence-electron chi connectivity index (χ2n) is 11.2. The van der Waals surface area contributed by atoms with Crippen LogP contribution in [0.15, 0.2) is 91.1 Å². The number of carboxylic acid groups (broad SMARTS) is 1. The molecule has 1 heterocycles. The molecule has 1 fully saturated rings. The molecule has 0 aliphatic heterocycles. The largest absolute Gasteiger partial charge is 0.494 e. The number of nitrogens with one attached hydrogen (secondary N) is 1. The number of fused-ring (bicyclic) bond motifs is 1. The molecule has 8 nitrogen and oxygen atoms in total. The maximum atomic E-state index is 14.6. The summed E-state index contributed by atoms with van der Waals surface area (Å²) < 4.78 is 6.10. The summed E-state index contributed by atoms with van der Waals surface area (Å²) in [6.07, 6.45) is 7.54. The van der Waals surface area contributed by atoms with Crippen LogP contribution in [0.2, 0.25) is 0 Å². The van der Waals surface area contributed by atoms with Crippen LogP contribution in [-0.4, -0.2) is 58.6 Å². The highest BCUT2D eigenvalue weighted by Gasteiger charge is 2.36. The van der Waals surface area contributed by atoms with Gasteiger partial charge in [0.25, 0.3) is 0 Å². The lowest BCUT2D eigenvalue weighted by Gasteiger charge is -2.39. The van der Waals surface area contributed by atoms with Gasteiger partial charge in [0.1, 0.15) is 11.6 Å². The maximum absolute atomic E-state index is 14.6. The van der Waals surface area contributed by atoms with Gasteiger partial charge in [-0.3, -0.25) is 14.9 Å². The molecular formula is C35H40N4O4. The molecule has 1 saturated carbocycles. The lowest BCUT2D eigenvalue weighted by molar-refractivity contribution is -0.138. The van der Waals surface area contributed by atoms with Crippen LogP contribution >= 0.6 is 0 Å². The second kappa shape index (κ2) is 14.6. The highest BCUT2D eigenvalue weighted by molar-refractivity contribution is 5.91. The molecule has 0 unspecified atom stereocenters. The molecule has 1 aliphatic rings. The van der Waals surface area contributed by atoms with E-state index in [1.807, 2.05) is 89.8 Å². The van der Waals surface area contributed by atoms with Gasteiger partial charge in [0, 0.05) is 30.1 Å². The summed E-state index contributed by atoms with van der Waals surface area (Å²) in [5.74, 6) is -0.192. The van der Waals surface area contributed by atoms with E-state index >= 15 is 0 Å². The first kappa shape index (κ1) is 30.0. The molecule has 1 amide bonds. The van der Waals surface area contributed by atoms with Gasteiger partial charge in [0.05, 0.1) is 19.2 Å². The molecular weight excluding hydrogens is 540 g/mol. The van der Waals surface area contributed by atoms with E-state index in [9.17, 15) is 14.7 Å². The molecule has 43 heavy (non-hydrogen) atoms. The van der Waals surface area contributed by atoms with E-state index in [0.717, 1.165) is 53.3 Å². The smallest absolute Gasteiger partial charge is 0.317 e. The quantitative estimate of drug-likeness (QED) is 0.176. The highest BCUT2D eigenvalue weighted by atomic mass is 16.5. The van der Waals surface area contributed by atoms with Crippen LogP contribution in [0.3, 0.4) is 0 Å². The van der Waals surface area contributed by atoms with Crippen molar-refractivity contribution in [1.29, 1.82) is 0 Å². The number of amides is 1. The van der Waals surface area contributed by atoms with E-state index in [1.54, 1.807) is 6.20 Å². The van der Waals surface area contributed by atoms with E-state index in [2.05, 4.69) is 10.3 Å². The average molecular weight is 581 g/mol. The highest BCUT2D eigenvalue weighted by Crippen LogP contribution is 2.32. The normalized spacial score (nSPS) is 14.4. The Morgan fingerprint density at radius 1 is 0.953 bits per heavy atom. The number of aliphatic carboxylic acids is 1. The van der Waals surface area contributed by atoms with Crippen LogP contribution in [-0.2, 0) is 9.59 Å². The van der Waals surface area contributed by atoms with Crippen LogP contribution in [0.1, 0.15) is 55.6 Å². The number of nitrogens with zero attached hydrogens (tertiary/aromatic N) is 2. The summed E-state index contributed by atoms with van der Waals surface area (Å²) in [7, 11) is 0. The van der Waals surface area contributed by atoms with Crippen molar-refractivity contribution in [3.63, 3.8) is 0 Å². The summed E-state index contributed by atoms with van der Waals surface area (Å²) in [4.78, 5) is 32.5. The van der Waals surface area contributed by atoms with Crippen molar-refractivity contribution in [2.24, 2.45) is 0 Å². The number of ether oxygens (including phenoxy) is 1. The van der Waals surface area contributed by atoms with Gasteiger partial charge in [-0.05, 0) is 60.0 Å². The first-order chi connectivity index (χ1) is 21.0. The lowest BCUT2D eigenvalue weighted by Crippen LogP contribution is -2.54. The van der Waals surface area contributed by atoms with Crippen LogP contribution in [0, 0.1) is 0 Å². The molecule has 4 N–H and O–H groups in total. The van der Waals surface area contributed by atoms with Crippen LogP contribution in [0.25, 0.3) is 10.8 Å². The topological polar surface area (TPSA) is 118 Å². The Kier molecular flexibility index (Phi) is 10.2. The van der Waals surface area contributed by atoms with Crippen molar-refractivity contribution in [2.45, 2.75) is 56.5 Å². The number of carbonyl (C=O) groups is 2. The van der Waals surface area contributed by atoms with E-state index in [4.69, 9.17) is 10.5 Å². The Morgan fingerprint density at radius 2 is 1.63 bits per heavy atom. The maximum Gasteiger partial charge on any atom is 0.317 e. The first-order valence-corrected chi connectivity index (χ1v) is 15.1. The van der Waals surface area contributed by atoms with Gasteiger partial charge in [-0.1, -0.05) is 79.9 Å². The number of nitrogens with two attached hydrogens (primary N) is 1. The zero-order valence-electron chi connectivity index (χ0n) is 24.4. The van der Waals surface area contributed by atoms with Gasteiger partial charge < -0.3 is 20.5 Å². The SMILES string of the molecule is Nc1nccc2cc(OCCCN(C(=O)[C@H](NCC(=O)O)C(c3ccccc3)c3ccccc3)C3CCCCC3)ccc12.